The van der Waals surface area contributed by atoms with E-state index in [0.29, 0.717) is 11.5 Å². The second-order valence-electron chi connectivity index (χ2n) is 5.19. The van der Waals surface area contributed by atoms with E-state index in [2.05, 4.69) is 29.9 Å². The summed E-state index contributed by atoms with van der Waals surface area (Å²) in [5.41, 5.74) is 4.84. The Morgan fingerprint density at radius 2 is 1.90 bits per heavy atom. The van der Waals surface area contributed by atoms with E-state index in [1.807, 2.05) is 24.3 Å². The van der Waals surface area contributed by atoms with Crippen LogP contribution in [0.4, 0.5) is 0 Å². The van der Waals surface area contributed by atoms with Crippen LogP contribution in [0.1, 0.15) is 35.7 Å². The van der Waals surface area contributed by atoms with E-state index in [9.17, 15) is 4.79 Å². The van der Waals surface area contributed by atoms with Gasteiger partial charge in [0.25, 0.3) is 0 Å². The van der Waals surface area contributed by atoms with Gasteiger partial charge in [-0.05, 0) is 23.6 Å². The number of carbonyl (C=O) groups is 1. The lowest BCUT2D eigenvalue weighted by Crippen LogP contribution is -1.88. The molecule has 0 fully saturated rings. The summed E-state index contributed by atoms with van der Waals surface area (Å²) in [4.78, 5) is 19.0. The van der Waals surface area contributed by atoms with Gasteiger partial charge in [0.2, 0.25) is 0 Å². The summed E-state index contributed by atoms with van der Waals surface area (Å²) in [6.45, 7) is 4.31. The maximum Gasteiger partial charge on any atom is 0.152 e. The van der Waals surface area contributed by atoms with Crippen molar-refractivity contribution in [1.82, 2.24) is 9.97 Å². The second-order valence-corrected chi connectivity index (χ2v) is 5.19. The van der Waals surface area contributed by atoms with E-state index in [4.69, 9.17) is 0 Å². The fraction of sp³-hybridized carbons (Fsp3) is 0.176. The maximum atomic E-state index is 11.5. The number of benzene rings is 1. The van der Waals surface area contributed by atoms with Crippen LogP contribution in [0.5, 0.6) is 0 Å². The zero-order valence-corrected chi connectivity index (χ0v) is 11.6. The van der Waals surface area contributed by atoms with Crippen molar-refractivity contribution >= 4 is 17.2 Å². The highest BCUT2D eigenvalue weighted by molar-refractivity contribution is 6.05. The summed E-state index contributed by atoms with van der Waals surface area (Å²) in [5, 5.41) is 0.984. The molecule has 0 unspecified atom stereocenters. The first-order valence-corrected chi connectivity index (χ1v) is 6.72. The minimum absolute atomic E-state index is 0.405. The zero-order chi connectivity index (χ0) is 14.1. The molecule has 3 nitrogen and oxygen atoms in total. The first-order chi connectivity index (χ1) is 9.72. The number of nitrogens with one attached hydrogen (secondary N) is 1. The first kappa shape index (κ1) is 12.6. The highest BCUT2D eigenvalue weighted by Crippen LogP contribution is 2.32. The Kier molecular flexibility index (Phi) is 3.11. The molecule has 2 aromatic heterocycles. The van der Waals surface area contributed by atoms with E-state index in [1.54, 1.807) is 12.4 Å². The molecular weight excluding hydrogens is 248 g/mol. The predicted octanol–water partition coefficient (Wildman–Crippen LogP) is 4.17. The summed E-state index contributed by atoms with van der Waals surface area (Å²) >= 11 is 0. The predicted molar refractivity (Wildman–Crippen MR) is 81.0 cm³/mol. The van der Waals surface area contributed by atoms with Crippen molar-refractivity contribution < 1.29 is 4.79 Å². The van der Waals surface area contributed by atoms with Crippen molar-refractivity contribution in [2.45, 2.75) is 19.8 Å². The fourth-order valence-corrected chi connectivity index (χ4v) is 2.61. The van der Waals surface area contributed by atoms with Gasteiger partial charge in [-0.25, -0.2) is 0 Å². The Morgan fingerprint density at radius 1 is 1.15 bits per heavy atom. The number of hydrogen-bond acceptors (Lipinski definition) is 2. The highest BCUT2D eigenvalue weighted by Gasteiger charge is 2.15. The number of nitrogens with zero attached hydrogens (tertiary/aromatic N) is 1. The number of fused-ring (bicyclic) bond motifs is 1. The lowest BCUT2D eigenvalue weighted by Gasteiger charge is -2.06. The van der Waals surface area contributed by atoms with Crippen LogP contribution in [-0.2, 0) is 0 Å². The average molecular weight is 264 g/mol. The SMILES string of the molecule is CC(C)c1cccc2c(C=O)c(-c3ccncc3)[nH]c12. The van der Waals surface area contributed by atoms with Gasteiger partial charge in [-0.15, -0.1) is 0 Å². The quantitative estimate of drug-likeness (QED) is 0.722. The molecule has 3 rings (SSSR count). The monoisotopic (exact) mass is 264 g/mol. The lowest BCUT2D eigenvalue weighted by molar-refractivity contribution is 0.112. The van der Waals surface area contributed by atoms with Crippen molar-refractivity contribution in [2.75, 3.05) is 0 Å². The van der Waals surface area contributed by atoms with Gasteiger partial charge in [0.1, 0.15) is 0 Å². The lowest BCUT2D eigenvalue weighted by atomic mass is 9.99. The first-order valence-electron chi connectivity index (χ1n) is 6.72. The molecule has 3 aromatic rings. The van der Waals surface area contributed by atoms with Crippen LogP contribution in [0.3, 0.4) is 0 Å². The van der Waals surface area contributed by atoms with Crippen molar-refractivity contribution in [1.29, 1.82) is 0 Å². The summed E-state index contributed by atoms with van der Waals surface area (Å²) in [6, 6.07) is 9.93. The molecular formula is C17H16N2O. The molecule has 2 heterocycles. The zero-order valence-electron chi connectivity index (χ0n) is 11.6. The van der Waals surface area contributed by atoms with Gasteiger partial charge in [0, 0.05) is 28.9 Å². The molecule has 3 heteroatoms. The van der Waals surface area contributed by atoms with Gasteiger partial charge in [-0.3, -0.25) is 9.78 Å². The Hall–Kier alpha value is -2.42. The fourth-order valence-electron chi connectivity index (χ4n) is 2.61. The van der Waals surface area contributed by atoms with Crippen LogP contribution < -0.4 is 0 Å². The van der Waals surface area contributed by atoms with E-state index >= 15 is 0 Å². The molecule has 0 saturated heterocycles. The number of aldehydes is 1. The normalized spacial score (nSPS) is 11.2. The van der Waals surface area contributed by atoms with E-state index < -0.39 is 0 Å². The minimum atomic E-state index is 0.405. The molecule has 0 bridgehead atoms. The van der Waals surface area contributed by atoms with Crippen LogP contribution in [0.25, 0.3) is 22.2 Å². The number of para-hydroxylation sites is 1. The number of rotatable bonds is 3. The van der Waals surface area contributed by atoms with Gasteiger partial charge in [0.05, 0.1) is 11.2 Å². The smallest absolute Gasteiger partial charge is 0.152 e. The number of pyridine rings is 1. The van der Waals surface area contributed by atoms with Crippen LogP contribution in [-0.4, -0.2) is 16.3 Å². The minimum Gasteiger partial charge on any atom is -0.354 e. The third-order valence-electron chi connectivity index (χ3n) is 3.62. The second kappa shape index (κ2) is 4.93. The number of aromatic nitrogens is 2. The van der Waals surface area contributed by atoms with Crippen LogP contribution >= 0.6 is 0 Å². The average Bonchev–Trinajstić information content (AvgIpc) is 2.86. The molecule has 0 radical (unpaired) electrons. The van der Waals surface area contributed by atoms with Gasteiger partial charge >= 0.3 is 0 Å². The Morgan fingerprint density at radius 3 is 2.55 bits per heavy atom. The van der Waals surface area contributed by atoms with Crippen LogP contribution in [0, 0.1) is 0 Å². The number of hydrogen-bond donors (Lipinski definition) is 1. The molecule has 100 valence electrons. The standard InChI is InChI=1S/C17H16N2O/c1-11(2)13-4-3-5-14-15(10-20)16(19-17(13)14)12-6-8-18-9-7-12/h3-11,19H,1-2H3. The molecule has 1 aromatic carbocycles. The largest absolute Gasteiger partial charge is 0.354 e. The molecule has 0 aliphatic carbocycles. The highest BCUT2D eigenvalue weighted by atomic mass is 16.1. The summed E-state index contributed by atoms with van der Waals surface area (Å²) < 4.78 is 0. The topological polar surface area (TPSA) is 45.8 Å². The van der Waals surface area contributed by atoms with Gasteiger partial charge in [-0.1, -0.05) is 32.0 Å². The van der Waals surface area contributed by atoms with Crippen molar-refractivity contribution in [2.24, 2.45) is 0 Å². The van der Waals surface area contributed by atoms with Gasteiger partial charge in [-0.2, -0.15) is 0 Å². The molecule has 0 spiro atoms. The Labute approximate surface area is 117 Å². The Bertz CT molecular complexity index is 757. The van der Waals surface area contributed by atoms with Gasteiger partial charge in [0.15, 0.2) is 6.29 Å². The van der Waals surface area contributed by atoms with E-state index in [-0.39, 0.29) is 0 Å². The molecule has 0 atom stereocenters. The summed E-state index contributed by atoms with van der Waals surface area (Å²) in [6.07, 6.45) is 4.40. The molecule has 0 aliphatic rings. The van der Waals surface area contributed by atoms with Crippen molar-refractivity contribution in [3.63, 3.8) is 0 Å². The Balaban J connectivity index is 2.34. The third-order valence-corrected chi connectivity index (χ3v) is 3.62. The third kappa shape index (κ3) is 1.92. The van der Waals surface area contributed by atoms with Gasteiger partial charge < -0.3 is 4.98 Å². The van der Waals surface area contributed by atoms with E-state index in [0.717, 1.165) is 28.4 Å². The van der Waals surface area contributed by atoms with Crippen molar-refractivity contribution in [3.05, 3.63) is 53.9 Å². The number of H-pyrrole nitrogens is 1. The molecule has 0 amide bonds. The van der Waals surface area contributed by atoms with Crippen LogP contribution in [0.2, 0.25) is 0 Å². The molecule has 0 aliphatic heterocycles. The number of carbonyl (C=O) groups excluding carboxylic acids is 1. The molecule has 20 heavy (non-hydrogen) atoms. The van der Waals surface area contributed by atoms with Crippen LogP contribution in [0.15, 0.2) is 42.7 Å². The molecule has 0 saturated carbocycles. The number of aromatic amines is 1. The summed E-state index contributed by atoms with van der Waals surface area (Å²) in [5.74, 6) is 0.405. The van der Waals surface area contributed by atoms with E-state index in [1.165, 1.54) is 5.56 Å². The molecule has 1 N–H and O–H groups in total. The van der Waals surface area contributed by atoms with Crippen molar-refractivity contribution in [3.8, 4) is 11.3 Å². The summed E-state index contributed by atoms with van der Waals surface area (Å²) in [7, 11) is 0. The maximum absolute atomic E-state index is 11.5.